The van der Waals surface area contributed by atoms with Gasteiger partial charge in [-0.1, -0.05) is 12.1 Å². The average molecular weight is 303 g/mol. The lowest BCUT2D eigenvalue weighted by Crippen LogP contribution is -1.86. The maximum Gasteiger partial charge on any atom is 0.149 e. The molecule has 3 aromatic rings. The highest BCUT2D eigenvalue weighted by atomic mass is 16.5. The van der Waals surface area contributed by atoms with Gasteiger partial charge in [0, 0.05) is 0 Å². The number of nitriles is 1. The minimum atomic E-state index is 0.491. The lowest BCUT2D eigenvalue weighted by Gasteiger charge is -2.00. The van der Waals surface area contributed by atoms with Crippen LogP contribution in [0.25, 0.3) is 22.7 Å². The number of rotatable bonds is 3. The molecular formula is C19H17N3O. The number of nitrogens with zero attached hydrogens (tertiary/aromatic N) is 2. The van der Waals surface area contributed by atoms with Gasteiger partial charge in [0.1, 0.15) is 17.6 Å². The molecule has 0 atom stereocenters. The van der Waals surface area contributed by atoms with E-state index in [2.05, 4.69) is 36.0 Å². The largest absolute Gasteiger partial charge is 0.497 e. The summed E-state index contributed by atoms with van der Waals surface area (Å²) < 4.78 is 5.21. The van der Waals surface area contributed by atoms with Gasteiger partial charge >= 0.3 is 0 Å². The summed E-state index contributed by atoms with van der Waals surface area (Å²) in [4.78, 5) is 7.78. The second kappa shape index (κ2) is 5.98. The maximum absolute atomic E-state index is 9.49. The minimum Gasteiger partial charge on any atom is -0.497 e. The van der Waals surface area contributed by atoms with Crippen molar-refractivity contribution in [1.82, 2.24) is 9.97 Å². The summed E-state index contributed by atoms with van der Waals surface area (Å²) in [6.45, 7) is 4.12. The van der Waals surface area contributed by atoms with Crippen LogP contribution in [0.3, 0.4) is 0 Å². The van der Waals surface area contributed by atoms with Crippen LogP contribution in [0.1, 0.15) is 22.5 Å². The van der Waals surface area contributed by atoms with Gasteiger partial charge in [-0.3, -0.25) is 0 Å². The molecule has 4 heteroatoms. The Morgan fingerprint density at radius 1 is 1.22 bits per heavy atom. The summed E-state index contributed by atoms with van der Waals surface area (Å²) in [5.41, 5.74) is 5.58. The number of nitrogens with one attached hydrogen (secondary N) is 1. The van der Waals surface area contributed by atoms with Crippen molar-refractivity contribution in [3.8, 4) is 11.8 Å². The van der Waals surface area contributed by atoms with Crippen molar-refractivity contribution in [3.05, 3.63) is 58.9 Å². The third kappa shape index (κ3) is 2.95. The van der Waals surface area contributed by atoms with Crippen molar-refractivity contribution in [2.45, 2.75) is 13.8 Å². The highest BCUT2D eigenvalue weighted by molar-refractivity contribution is 5.90. The molecule has 3 rings (SSSR count). The molecule has 0 aliphatic carbocycles. The number of hydrogen-bond acceptors (Lipinski definition) is 3. The van der Waals surface area contributed by atoms with Gasteiger partial charge < -0.3 is 9.72 Å². The van der Waals surface area contributed by atoms with Gasteiger partial charge in [-0.25, -0.2) is 4.98 Å². The fourth-order valence-corrected chi connectivity index (χ4v) is 2.45. The van der Waals surface area contributed by atoms with E-state index in [1.807, 2.05) is 30.3 Å². The predicted molar refractivity (Wildman–Crippen MR) is 92.0 cm³/mol. The van der Waals surface area contributed by atoms with Gasteiger partial charge in [-0.05, 0) is 60.9 Å². The second-order valence-corrected chi connectivity index (χ2v) is 5.49. The van der Waals surface area contributed by atoms with E-state index in [4.69, 9.17) is 4.74 Å². The molecule has 0 spiro atoms. The Labute approximate surface area is 135 Å². The Balaban J connectivity index is 2.07. The molecule has 0 fully saturated rings. The predicted octanol–water partition coefficient (Wildman–Crippen LogP) is 4.25. The first kappa shape index (κ1) is 14.9. The molecule has 1 aromatic heterocycles. The first-order valence-corrected chi connectivity index (χ1v) is 7.34. The number of allylic oxidation sites excluding steroid dienone is 1. The van der Waals surface area contributed by atoms with Crippen LogP contribution in [0.15, 0.2) is 36.4 Å². The summed E-state index contributed by atoms with van der Waals surface area (Å²) in [6.07, 6.45) is 1.81. The number of aromatic amines is 1. The van der Waals surface area contributed by atoms with Gasteiger partial charge in [-0.15, -0.1) is 0 Å². The zero-order valence-corrected chi connectivity index (χ0v) is 13.3. The van der Waals surface area contributed by atoms with Crippen molar-refractivity contribution in [2.24, 2.45) is 0 Å². The molecule has 0 unspecified atom stereocenters. The molecule has 1 N–H and O–H groups in total. The quantitative estimate of drug-likeness (QED) is 0.736. The molecule has 0 saturated heterocycles. The SMILES string of the molecule is COc1cccc(/C=C(\C#N)c2nc3cc(C)c(C)cc3[nH]2)c1. The minimum absolute atomic E-state index is 0.491. The summed E-state index contributed by atoms with van der Waals surface area (Å²) in [6, 6.07) is 13.9. The van der Waals surface area contributed by atoms with Crippen LogP contribution in [0.4, 0.5) is 0 Å². The number of aromatic nitrogens is 2. The van der Waals surface area contributed by atoms with Crippen LogP contribution in [0.5, 0.6) is 5.75 Å². The molecule has 0 aliphatic heterocycles. The van der Waals surface area contributed by atoms with Crippen LogP contribution >= 0.6 is 0 Å². The van der Waals surface area contributed by atoms with E-state index in [-0.39, 0.29) is 0 Å². The Bertz CT molecular complexity index is 906. The normalized spacial score (nSPS) is 11.5. The fourth-order valence-electron chi connectivity index (χ4n) is 2.45. The molecule has 114 valence electrons. The molecule has 0 bridgehead atoms. The third-order valence-corrected chi connectivity index (χ3v) is 3.88. The molecule has 0 saturated carbocycles. The number of benzene rings is 2. The highest BCUT2D eigenvalue weighted by Gasteiger charge is 2.09. The number of aryl methyl sites for hydroxylation is 2. The molecule has 23 heavy (non-hydrogen) atoms. The van der Waals surface area contributed by atoms with Crippen molar-refractivity contribution < 1.29 is 4.74 Å². The van der Waals surface area contributed by atoms with Crippen LogP contribution in [-0.4, -0.2) is 17.1 Å². The molecule has 0 aliphatic rings. The van der Waals surface area contributed by atoms with E-state index in [0.29, 0.717) is 11.4 Å². The number of ether oxygens (including phenoxy) is 1. The Morgan fingerprint density at radius 3 is 2.74 bits per heavy atom. The van der Waals surface area contributed by atoms with Crippen LogP contribution < -0.4 is 4.74 Å². The lowest BCUT2D eigenvalue weighted by atomic mass is 10.1. The molecular weight excluding hydrogens is 286 g/mol. The van der Waals surface area contributed by atoms with Crippen LogP contribution in [-0.2, 0) is 0 Å². The molecule has 0 radical (unpaired) electrons. The van der Waals surface area contributed by atoms with E-state index in [1.165, 1.54) is 11.1 Å². The zero-order chi connectivity index (χ0) is 16.4. The Morgan fingerprint density at radius 2 is 2.00 bits per heavy atom. The van der Waals surface area contributed by atoms with Crippen LogP contribution in [0.2, 0.25) is 0 Å². The molecule has 2 aromatic carbocycles. The van der Waals surface area contributed by atoms with Crippen molar-refractivity contribution in [1.29, 1.82) is 5.26 Å². The highest BCUT2D eigenvalue weighted by Crippen LogP contribution is 2.23. The Hall–Kier alpha value is -3.06. The topological polar surface area (TPSA) is 61.7 Å². The smallest absolute Gasteiger partial charge is 0.149 e. The number of imidazole rings is 1. The maximum atomic E-state index is 9.49. The first-order valence-electron chi connectivity index (χ1n) is 7.34. The van der Waals surface area contributed by atoms with Gasteiger partial charge in [0.2, 0.25) is 0 Å². The monoisotopic (exact) mass is 303 g/mol. The van der Waals surface area contributed by atoms with E-state index < -0.39 is 0 Å². The van der Waals surface area contributed by atoms with Gasteiger partial charge in [0.25, 0.3) is 0 Å². The van der Waals surface area contributed by atoms with E-state index >= 15 is 0 Å². The number of methoxy groups -OCH3 is 1. The van der Waals surface area contributed by atoms with Gasteiger partial charge in [0.15, 0.2) is 0 Å². The van der Waals surface area contributed by atoms with E-state index in [0.717, 1.165) is 22.3 Å². The number of hydrogen-bond donors (Lipinski definition) is 1. The Kier molecular flexibility index (Phi) is 3.86. The second-order valence-electron chi connectivity index (χ2n) is 5.49. The number of fused-ring (bicyclic) bond motifs is 1. The standard InChI is InChI=1S/C19H17N3O/c1-12-7-17-18(8-13(12)2)22-19(21-17)15(11-20)9-14-5-4-6-16(10-14)23-3/h4-10H,1-3H3,(H,21,22)/b15-9+. The third-order valence-electron chi connectivity index (χ3n) is 3.88. The number of H-pyrrole nitrogens is 1. The van der Waals surface area contributed by atoms with Crippen molar-refractivity contribution >= 4 is 22.7 Å². The average Bonchev–Trinajstić information content (AvgIpc) is 2.95. The van der Waals surface area contributed by atoms with Crippen molar-refractivity contribution in [3.63, 3.8) is 0 Å². The summed E-state index contributed by atoms with van der Waals surface area (Å²) >= 11 is 0. The van der Waals surface area contributed by atoms with Crippen molar-refractivity contribution in [2.75, 3.05) is 7.11 Å². The molecule has 0 amide bonds. The molecule has 1 heterocycles. The van der Waals surface area contributed by atoms with Crippen LogP contribution in [0, 0.1) is 25.2 Å². The summed E-state index contributed by atoms with van der Waals surface area (Å²) in [5, 5.41) is 9.49. The summed E-state index contributed by atoms with van der Waals surface area (Å²) in [7, 11) is 1.62. The van der Waals surface area contributed by atoms with Gasteiger partial charge in [0.05, 0.1) is 23.7 Å². The first-order chi connectivity index (χ1) is 11.1. The van der Waals surface area contributed by atoms with E-state index in [9.17, 15) is 5.26 Å². The van der Waals surface area contributed by atoms with Gasteiger partial charge in [-0.2, -0.15) is 5.26 Å². The fraction of sp³-hybridized carbons (Fsp3) is 0.158. The molecule has 4 nitrogen and oxygen atoms in total. The summed E-state index contributed by atoms with van der Waals surface area (Å²) in [5.74, 6) is 1.34. The van der Waals surface area contributed by atoms with E-state index in [1.54, 1.807) is 13.2 Å². The zero-order valence-electron chi connectivity index (χ0n) is 13.3. The lowest BCUT2D eigenvalue weighted by molar-refractivity contribution is 0.414.